The smallest absolute Gasteiger partial charge is 0.0748 e. The molecule has 0 saturated heterocycles. The Morgan fingerprint density at radius 3 is 2.17 bits per heavy atom. The third-order valence-electron chi connectivity index (χ3n) is 4.56. The highest BCUT2D eigenvalue weighted by atomic mass is 16.5. The van der Waals surface area contributed by atoms with Crippen molar-refractivity contribution in [3.63, 3.8) is 0 Å². The summed E-state index contributed by atoms with van der Waals surface area (Å²) in [6, 6.07) is 23.1. The van der Waals surface area contributed by atoms with Crippen molar-refractivity contribution in [1.82, 2.24) is 4.98 Å². The Kier molecular flexibility index (Phi) is 3.70. The van der Waals surface area contributed by atoms with E-state index in [1.807, 2.05) is 6.07 Å². The maximum absolute atomic E-state index is 6.06. The van der Waals surface area contributed by atoms with E-state index in [0.717, 1.165) is 23.4 Å². The second-order valence-electron chi connectivity index (χ2n) is 6.94. The summed E-state index contributed by atoms with van der Waals surface area (Å²) in [5, 5.41) is 0. The minimum absolute atomic E-state index is 0.163. The Labute approximate surface area is 143 Å². The van der Waals surface area contributed by atoms with Crippen LogP contribution >= 0.6 is 0 Å². The van der Waals surface area contributed by atoms with Gasteiger partial charge in [0.15, 0.2) is 0 Å². The molecule has 120 valence electrons. The van der Waals surface area contributed by atoms with E-state index in [0.29, 0.717) is 6.61 Å². The molecule has 4 rings (SSSR count). The largest absolute Gasteiger partial charge is 0.370 e. The molecule has 0 saturated carbocycles. The molecule has 24 heavy (non-hydrogen) atoms. The molecule has 0 spiro atoms. The van der Waals surface area contributed by atoms with E-state index < -0.39 is 0 Å². The van der Waals surface area contributed by atoms with Gasteiger partial charge in [0, 0.05) is 17.5 Å². The zero-order chi connectivity index (χ0) is 16.6. The van der Waals surface area contributed by atoms with Crippen LogP contribution in [0.15, 0.2) is 66.7 Å². The van der Waals surface area contributed by atoms with Gasteiger partial charge >= 0.3 is 0 Å². The SMILES string of the molecule is CC1(C)Cc2nc(-c3ccccc3)cc(-c3ccccc3)c2CO1. The highest BCUT2D eigenvalue weighted by Crippen LogP contribution is 2.36. The first kappa shape index (κ1) is 15.1. The van der Waals surface area contributed by atoms with Gasteiger partial charge in [0.05, 0.1) is 23.6 Å². The summed E-state index contributed by atoms with van der Waals surface area (Å²) in [6.07, 6.45) is 0.836. The number of pyridine rings is 1. The topological polar surface area (TPSA) is 22.1 Å². The third kappa shape index (κ3) is 2.85. The van der Waals surface area contributed by atoms with Crippen LogP contribution in [0.5, 0.6) is 0 Å². The number of hydrogen-bond acceptors (Lipinski definition) is 2. The number of benzene rings is 2. The van der Waals surface area contributed by atoms with E-state index in [1.165, 1.54) is 16.7 Å². The van der Waals surface area contributed by atoms with E-state index in [-0.39, 0.29) is 5.60 Å². The number of ether oxygens (including phenoxy) is 1. The first-order valence-corrected chi connectivity index (χ1v) is 8.40. The van der Waals surface area contributed by atoms with Gasteiger partial charge in [-0.25, -0.2) is 0 Å². The van der Waals surface area contributed by atoms with Gasteiger partial charge in [0.25, 0.3) is 0 Å². The van der Waals surface area contributed by atoms with Crippen LogP contribution in [0, 0.1) is 0 Å². The fourth-order valence-electron chi connectivity index (χ4n) is 3.29. The summed E-state index contributed by atoms with van der Waals surface area (Å²) in [6.45, 7) is 4.89. The van der Waals surface area contributed by atoms with Crippen LogP contribution in [0.2, 0.25) is 0 Å². The number of aromatic nitrogens is 1. The molecule has 2 heterocycles. The summed E-state index contributed by atoms with van der Waals surface area (Å²) in [5.74, 6) is 0. The van der Waals surface area contributed by atoms with Gasteiger partial charge in [-0.05, 0) is 31.0 Å². The van der Waals surface area contributed by atoms with Crippen LogP contribution in [-0.2, 0) is 17.8 Å². The molecule has 1 aromatic heterocycles. The minimum Gasteiger partial charge on any atom is -0.370 e. The van der Waals surface area contributed by atoms with Gasteiger partial charge in [-0.15, -0.1) is 0 Å². The molecular formula is C22H21NO. The van der Waals surface area contributed by atoms with Crippen molar-refractivity contribution in [1.29, 1.82) is 0 Å². The lowest BCUT2D eigenvalue weighted by atomic mass is 9.90. The highest BCUT2D eigenvalue weighted by Gasteiger charge is 2.29. The van der Waals surface area contributed by atoms with Crippen LogP contribution in [0.25, 0.3) is 22.4 Å². The predicted octanol–water partition coefficient (Wildman–Crippen LogP) is 5.27. The number of rotatable bonds is 2. The van der Waals surface area contributed by atoms with Gasteiger partial charge < -0.3 is 4.74 Å². The van der Waals surface area contributed by atoms with Gasteiger partial charge in [0.2, 0.25) is 0 Å². The maximum atomic E-state index is 6.06. The fourth-order valence-corrected chi connectivity index (χ4v) is 3.29. The van der Waals surface area contributed by atoms with Gasteiger partial charge in [-0.2, -0.15) is 0 Å². The van der Waals surface area contributed by atoms with Gasteiger partial charge in [0.1, 0.15) is 0 Å². The Balaban J connectivity index is 1.92. The number of hydrogen-bond donors (Lipinski definition) is 0. The summed E-state index contributed by atoms with van der Waals surface area (Å²) in [4.78, 5) is 4.99. The lowest BCUT2D eigenvalue weighted by molar-refractivity contribution is -0.0409. The van der Waals surface area contributed by atoms with Crippen LogP contribution in [0.4, 0.5) is 0 Å². The molecule has 0 aliphatic carbocycles. The van der Waals surface area contributed by atoms with Crippen LogP contribution in [-0.4, -0.2) is 10.6 Å². The lowest BCUT2D eigenvalue weighted by Crippen LogP contribution is -2.32. The van der Waals surface area contributed by atoms with E-state index in [2.05, 4.69) is 74.5 Å². The summed E-state index contributed by atoms with van der Waals surface area (Å²) in [5.41, 5.74) is 6.86. The molecule has 3 aromatic rings. The van der Waals surface area contributed by atoms with Crippen molar-refractivity contribution in [2.45, 2.75) is 32.5 Å². The summed E-state index contributed by atoms with van der Waals surface area (Å²) < 4.78 is 6.06. The monoisotopic (exact) mass is 315 g/mol. The maximum Gasteiger partial charge on any atom is 0.0748 e. The molecule has 0 bridgehead atoms. The first-order chi connectivity index (χ1) is 11.6. The average molecular weight is 315 g/mol. The average Bonchev–Trinajstić information content (AvgIpc) is 2.61. The normalized spacial score (nSPS) is 15.8. The molecule has 0 fully saturated rings. The first-order valence-electron chi connectivity index (χ1n) is 8.40. The second-order valence-corrected chi connectivity index (χ2v) is 6.94. The Bertz CT molecular complexity index is 854. The van der Waals surface area contributed by atoms with Crippen molar-refractivity contribution in [2.24, 2.45) is 0 Å². The van der Waals surface area contributed by atoms with Crippen molar-refractivity contribution in [3.8, 4) is 22.4 Å². The van der Waals surface area contributed by atoms with Gasteiger partial charge in [-0.3, -0.25) is 4.98 Å². The summed E-state index contributed by atoms with van der Waals surface area (Å²) >= 11 is 0. The Morgan fingerprint density at radius 2 is 1.50 bits per heavy atom. The van der Waals surface area contributed by atoms with E-state index in [1.54, 1.807) is 0 Å². The zero-order valence-electron chi connectivity index (χ0n) is 14.1. The quantitative estimate of drug-likeness (QED) is 0.643. The zero-order valence-corrected chi connectivity index (χ0v) is 14.1. The van der Waals surface area contributed by atoms with Crippen molar-refractivity contribution in [2.75, 3.05) is 0 Å². The van der Waals surface area contributed by atoms with Crippen LogP contribution < -0.4 is 0 Å². The van der Waals surface area contributed by atoms with Gasteiger partial charge in [-0.1, -0.05) is 60.7 Å². The number of fused-ring (bicyclic) bond motifs is 1. The molecule has 0 N–H and O–H groups in total. The van der Waals surface area contributed by atoms with Crippen LogP contribution in [0.1, 0.15) is 25.1 Å². The minimum atomic E-state index is -0.163. The standard InChI is InChI=1S/C22H21NO/c1-22(2)14-21-19(15-24-22)18(16-9-5-3-6-10-16)13-20(23-21)17-11-7-4-8-12-17/h3-13H,14-15H2,1-2H3. The molecule has 0 unspecified atom stereocenters. The van der Waals surface area contributed by atoms with Crippen molar-refractivity contribution >= 4 is 0 Å². The van der Waals surface area contributed by atoms with E-state index in [4.69, 9.17) is 9.72 Å². The predicted molar refractivity (Wildman–Crippen MR) is 97.7 cm³/mol. The molecule has 0 radical (unpaired) electrons. The van der Waals surface area contributed by atoms with E-state index in [9.17, 15) is 0 Å². The second kappa shape index (κ2) is 5.88. The number of nitrogens with zero attached hydrogens (tertiary/aromatic N) is 1. The molecule has 1 aliphatic heterocycles. The van der Waals surface area contributed by atoms with E-state index >= 15 is 0 Å². The molecule has 2 aromatic carbocycles. The molecular weight excluding hydrogens is 294 g/mol. The molecule has 2 nitrogen and oxygen atoms in total. The Morgan fingerprint density at radius 1 is 0.875 bits per heavy atom. The molecule has 0 amide bonds. The summed E-state index contributed by atoms with van der Waals surface area (Å²) in [7, 11) is 0. The fraction of sp³-hybridized carbons (Fsp3) is 0.227. The lowest BCUT2D eigenvalue weighted by Gasteiger charge is -2.32. The molecule has 0 atom stereocenters. The van der Waals surface area contributed by atoms with Crippen molar-refractivity contribution in [3.05, 3.63) is 78.0 Å². The molecule has 2 heteroatoms. The highest BCUT2D eigenvalue weighted by molar-refractivity contribution is 5.74. The third-order valence-corrected chi connectivity index (χ3v) is 4.56. The van der Waals surface area contributed by atoms with Crippen LogP contribution in [0.3, 0.4) is 0 Å². The molecule has 1 aliphatic rings. The Hall–Kier alpha value is -2.45. The van der Waals surface area contributed by atoms with Crippen molar-refractivity contribution < 1.29 is 4.74 Å².